The summed E-state index contributed by atoms with van der Waals surface area (Å²) in [5.74, 6) is 0.892. The minimum Gasteiger partial charge on any atom is -0.494 e. The van der Waals surface area contributed by atoms with E-state index in [4.69, 9.17) is 16.3 Å². The molecular formula is C14H16ClNOS. The predicted octanol–water partition coefficient (Wildman–Crippen LogP) is 4.11. The molecule has 0 aliphatic heterocycles. The fourth-order valence-electron chi connectivity index (χ4n) is 1.91. The Bertz CT molecular complexity index is 512. The Labute approximate surface area is 117 Å². The average Bonchev–Trinajstić information content (AvgIpc) is 2.78. The highest BCUT2D eigenvalue weighted by atomic mass is 35.5. The summed E-state index contributed by atoms with van der Waals surface area (Å²) in [7, 11) is 1.94. The van der Waals surface area contributed by atoms with Crippen molar-refractivity contribution in [2.24, 2.45) is 0 Å². The largest absolute Gasteiger partial charge is 0.494 e. The monoisotopic (exact) mass is 281 g/mol. The van der Waals surface area contributed by atoms with Crippen LogP contribution in [0.2, 0.25) is 5.02 Å². The number of hydrogen-bond donors (Lipinski definition) is 1. The maximum Gasteiger partial charge on any atom is 0.119 e. The number of halogens is 1. The summed E-state index contributed by atoms with van der Waals surface area (Å²) < 4.78 is 5.53. The number of nitrogens with one attached hydrogen (secondary N) is 1. The number of benzene rings is 1. The van der Waals surface area contributed by atoms with Crippen molar-refractivity contribution in [2.45, 2.75) is 13.0 Å². The molecule has 96 valence electrons. The van der Waals surface area contributed by atoms with Gasteiger partial charge in [-0.2, -0.15) is 0 Å². The predicted molar refractivity (Wildman–Crippen MR) is 77.8 cm³/mol. The van der Waals surface area contributed by atoms with Crippen LogP contribution < -0.4 is 10.1 Å². The van der Waals surface area contributed by atoms with Crippen LogP contribution in [0.25, 0.3) is 0 Å². The Kier molecular flexibility index (Phi) is 4.64. The minimum absolute atomic E-state index is 0.109. The molecule has 1 atom stereocenters. The maximum atomic E-state index is 6.20. The molecule has 0 spiro atoms. The number of rotatable bonds is 5. The van der Waals surface area contributed by atoms with Gasteiger partial charge in [-0.1, -0.05) is 23.7 Å². The standard InChI is InChI=1S/C14H16ClNOS/c1-3-17-11-6-4-5-10(9-11)13(16-2)14-12(15)7-8-18-14/h4-9,13,16H,3H2,1-2H3. The van der Waals surface area contributed by atoms with Crippen molar-refractivity contribution >= 4 is 22.9 Å². The van der Waals surface area contributed by atoms with E-state index in [1.165, 1.54) is 0 Å². The van der Waals surface area contributed by atoms with Gasteiger partial charge in [0.1, 0.15) is 5.75 Å². The van der Waals surface area contributed by atoms with Crippen molar-refractivity contribution in [1.29, 1.82) is 0 Å². The first-order valence-corrected chi connectivity index (χ1v) is 7.15. The zero-order valence-corrected chi connectivity index (χ0v) is 12.0. The summed E-state index contributed by atoms with van der Waals surface area (Å²) in [6.07, 6.45) is 0. The lowest BCUT2D eigenvalue weighted by Crippen LogP contribution is -2.16. The lowest BCUT2D eigenvalue weighted by molar-refractivity contribution is 0.339. The van der Waals surface area contributed by atoms with E-state index in [2.05, 4.69) is 17.4 Å². The molecule has 2 rings (SSSR count). The van der Waals surface area contributed by atoms with Crippen molar-refractivity contribution in [1.82, 2.24) is 5.32 Å². The van der Waals surface area contributed by atoms with Crippen LogP contribution in [0.5, 0.6) is 5.75 Å². The average molecular weight is 282 g/mol. The molecule has 2 aromatic rings. The molecule has 0 fully saturated rings. The summed E-state index contributed by atoms with van der Waals surface area (Å²) in [5, 5.41) is 6.12. The first-order chi connectivity index (χ1) is 8.76. The Morgan fingerprint density at radius 1 is 1.39 bits per heavy atom. The second kappa shape index (κ2) is 6.23. The van der Waals surface area contributed by atoms with Gasteiger partial charge < -0.3 is 10.1 Å². The SMILES string of the molecule is CCOc1cccc(C(NC)c2sccc2Cl)c1. The van der Waals surface area contributed by atoms with Crippen molar-refractivity contribution in [3.05, 3.63) is 51.2 Å². The van der Waals surface area contributed by atoms with Crippen LogP contribution >= 0.6 is 22.9 Å². The molecule has 0 amide bonds. The van der Waals surface area contributed by atoms with Crippen molar-refractivity contribution in [2.75, 3.05) is 13.7 Å². The molecule has 1 aromatic heterocycles. The number of ether oxygens (including phenoxy) is 1. The highest BCUT2D eigenvalue weighted by Crippen LogP contribution is 2.33. The van der Waals surface area contributed by atoms with Crippen LogP contribution in [0, 0.1) is 0 Å². The topological polar surface area (TPSA) is 21.3 Å². The van der Waals surface area contributed by atoms with Gasteiger partial charge in [0.15, 0.2) is 0 Å². The zero-order chi connectivity index (χ0) is 13.0. The van der Waals surface area contributed by atoms with Gasteiger partial charge in [0.25, 0.3) is 0 Å². The molecule has 0 bridgehead atoms. The van der Waals surface area contributed by atoms with E-state index in [0.717, 1.165) is 21.2 Å². The third-order valence-electron chi connectivity index (χ3n) is 2.70. The highest BCUT2D eigenvalue weighted by molar-refractivity contribution is 7.10. The lowest BCUT2D eigenvalue weighted by atomic mass is 10.1. The van der Waals surface area contributed by atoms with Crippen molar-refractivity contribution in [3.8, 4) is 5.75 Å². The fraction of sp³-hybridized carbons (Fsp3) is 0.286. The van der Waals surface area contributed by atoms with E-state index >= 15 is 0 Å². The van der Waals surface area contributed by atoms with Crippen LogP contribution in [0.15, 0.2) is 35.7 Å². The summed E-state index contributed by atoms with van der Waals surface area (Å²) in [6.45, 7) is 2.66. The van der Waals surface area contributed by atoms with Crippen LogP contribution in [0.3, 0.4) is 0 Å². The summed E-state index contributed by atoms with van der Waals surface area (Å²) in [4.78, 5) is 1.13. The van der Waals surface area contributed by atoms with Crippen LogP contribution in [-0.2, 0) is 0 Å². The molecule has 0 saturated carbocycles. The van der Waals surface area contributed by atoms with Crippen LogP contribution in [-0.4, -0.2) is 13.7 Å². The molecule has 0 saturated heterocycles. The van der Waals surface area contributed by atoms with Gasteiger partial charge in [0, 0.05) is 4.88 Å². The minimum atomic E-state index is 0.109. The molecular weight excluding hydrogens is 266 g/mol. The molecule has 1 unspecified atom stereocenters. The molecule has 0 aliphatic carbocycles. The molecule has 0 aliphatic rings. The van der Waals surface area contributed by atoms with E-state index < -0.39 is 0 Å². The van der Waals surface area contributed by atoms with Crippen molar-refractivity contribution in [3.63, 3.8) is 0 Å². The zero-order valence-electron chi connectivity index (χ0n) is 10.4. The third-order valence-corrected chi connectivity index (χ3v) is 4.12. The lowest BCUT2D eigenvalue weighted by Gasteiger charge is -2.16. The molecule has 2 nitrogen and oxygen atoms in total. The summed E-state index contributed by atoms with van der Waals surface area (Å²) >= 11 is 7.86. The van der Waals surface area contributed by atoms with Crippen molar-refractivity contribution < 1.29 is 4.74 Å². The van der Waals surface area contributed by atoms with Crippen LogP contribution in [0.4, 0.5) is 0 Å². The van der Waals surface area contributed by atoms with Gasteiger partial charge in [0.05, 0.1) is 17.7 Å². The van der Waals surface area contributed by atoms with E-state index in [9.17, 15) is 0 Å². The van der Waals surface area contributed by atoms with Gasteiger partial charge >= 0.3 is 0 Å². The Balaban J connectivity index is 2.33. The molecule has 1 aromatic carbocycles. The fourth-order valence-corrected chi connectivity index (χ4v) is 3.21. The van der Waals surface area contributed by atoms with Gasteiger partial charge in [-0.25, -0.2) is 0 Å². The normalized spacial score (nSPS) is 12.4. The maximum absolute atomic E-state index is 6.20. The molecule has 1 heterocycles. The molecule has 1 N–H and O–H groups in total. The first kappa shape index (κ1) is 13.4. The number of thiophene rings is 1. The van der Waals surface area contributed by atoms with E-state index in [-0.39, 0.29) is 6.04 Å². The number of hydrogen-bond acceptors (Lipinski definition) is 3. The Morgan fingerprint density at radius 2 is 2.22 bits per heavy atom. The van der Waals surface area contributed by atoms with Gasteiger partial charge in [0.2, 0.25) is 0 Å². The van der Waals surface area contributed by atoms with Crippen LogP contribution in [0.1, 0.15) is 23.4 Å². The third kappa shape index (κ3) is 2.86. The molecule has 4 heteroatoms. The summed E-state index contributed by atoms with van der Waals surface area (Å²) in [5.41, 5.74) is 1.16. The van der Waals surface area contributed by atoms with Gasteiger partial charge in [-0.3, -0.25) is 0 Å². The van der Waals surface area contributed by atoms with E-state index in [1.807, 2.05) is 37.6 Å². The van der Waals surface area contributed by atoms with Gasteiger partial charge in [-0.15, -0.1) is 11.3 Å². The smallest absolute Gasteiger partial charge is 0.119 e. The summed E-state index contributed by atoms with van der Waals surface area (Å²) in [6, 6.07) is 10.2. The molecule has 0 radical (unpaired) electrons. The highest BCUT2D eigenvalue weighted by Gasteiger charge is 2.16. The molecule has 18 heavy (non-hydrogen) atoms. The first-order valence-electron chi connectivity index (χ1n) is 5.89. The van der Waals surface area contributed by atoms with Gasteiger partial charge in [-0.05, 0) is 43.1 Å². The van der Waals surface area contributed by atoms with E-state index in [0.29, 0.717) is 6.61 Å². The Hall–Kier alpha value is -1.03. The quantitative estimate of drug-likeness (QED) is 0.890. The second-order valence-corrected chi connectivity index (χ2v) is 5.21. The Morgan fingerprint density at radius 3 is 2.83 bits per heavy atom. The van der Waals surface area contributed by atoms with E-state index in [1.54, 1.807) is 11.3 Å². The second-order valence-electron chi connectivity index (χ2n) is 3.86.